The molecule has 0 aromatic carbocycles. The molecule has 1 aliphatic carbocycles. The first-order chi connectivity index (χ1) is 6.56. The van der Waals surface area contributed by atoms with E-state index >= 15 is 0 Å². The molecule has 3 unspecified atom stereocenters. The Morgan fingerprint density at radius 3 is 2.71 bits per heavy atom. The van der Waals surface area contributed by atoms with Crippen molar-refractivity contribution in [3.63, 3.8) is 0 Å². The van der Waals surface area contributed by atoms with Crippen molar-refractivity contribution in [3.05, 3.63) is 0 Å². The highest BCUT2D eigenvalue weighted by molar-refractivity contribution is 5.80. The van der Waals surface area contributed by atoms with Crippen molar-refractivity contribution in [2.24, 2.45) is 22.6 Å². The minimum absolute atomic E-state index is 0.238. The van der Waals surface area contributed by atoms with Crippen LogP contribution in [0.4, 0.5) is 0 Å². The summed E-state index contributed by atoms with van der Waals surface area (Å²) >= 11 is 0. The lowest BCUT2D eigenvalue weighted by Crippen LogP contribution is -2.56. The van der Waals surface area contributed by atoms with Gasteiger partial charge in [-0.2, -0.15) is 0 Å². The molecule has 0 aromatic heterocycles. The fourth-order valence-corrected chi connectivity index (χ4v) is 3.06. The predicted molar refractivity (Wildman–Crippen MR) is 59.2 cm³/mol. The van der Waals surface area contributed by atoms with Crippen LogP contribution in [0.25, 0.3) is 0 Å². The largest absolute Gasteiger partial charge is 0.370 e. The van der Waals surface area contributed by atoms with Gasteiger partial charge in [0.1, 0.15) is 0 Å². The maximum Gasteiger partial charge on any atom is 0.191 e. The minimum atomic E-state index is 0.238. The molecule has 0 amide bonds. The van der Waals surface area contributed by atoms with Gasteiger partial charge in [0.2, 0.25) is 0 Å². The molecule has 3 heteroatoms. The second-order valence-corrected chi connectivity index (χ2v) is 5.12. The first kappa shape index (κ1) is 9.81. The van der Waals surface area contributed by atoms with Gasteiger partial charge in [-0.05, 0) is 24.7 Å². The van der Waals surface area contributed by atoms with Crippen LogP contribution >= 0.6 is 0 Å². The average molecular weight is 195 g/mol. The van der Waals surface area contributed by atoms with Gasteiger partial charge in [0.25, 0.3) is 0 Å². The van der Waals surface area contributed by atoms with E-state index in [2.05, 4.69) is 30.8 Å². The van der Waals surface area contributed by atoms with E-state index in [0.717, 1.165) is 18.4 Å². The van der Waals surface area contributed by atoms with E-state index < -0.39 is 0 Å². The molecule has 2 rings (SSSR count). The zero-order chi connectivity index (χ0) is 10.3. The number of hydrogen-bond acceptors (Lipinski definition) is 3. The summed E-state index contributed by atoms with van der Waals surface area (Å²) in [5.74, 6) is 2.26. The maximum atomic E-state index is 5.87. The van der Waals surface area contributed by atoms with E-state index in [1.54, 1.807) is 0 Å². The third-order valence-electron chi connectivity index (χ3n) is 4.24. The van der Waals surface area contributed by atoms with Crippen molar-refractivity contribution >= 4 is 5.96 Å². The summed E-state index contributed by atoms with van der Waals surface area (Å²) in [6, 6.07) is 0. The van der Waals surface area contributed by atoms with Crippen LogP contribution in [-0.4, -0.2) is 30.0 Å². The van der Waals surface area contributed by atoms with E-state index in [1.807, 2.05) is 0 Å². The number of likely N-dealkylation sites (N-methyl/N-ethyl adjacent to an activating group) is 1. The molecule has 1 aliphatic heterocycles. The topological polar surface area (TPSA) is 41.6 Å². The van der Waals surface area contributed by atoms with E-state index in [4.69, 9.17) is 5.73 Å². The minimum Gasteiger partial charge on any atom is -0.370 e. The second-order valence-electron chi connectivity index (χ2n) is 5.12. The number of rotatable bonds is 0. The zero-order valence-electron chi connectivity index (χ0n) is 9.45. The lowest BCUT2D eigenvalue weighted by atomic mass is 9.69. The Bertz CT molecular complexity index is 261. The summed E-state index contributed by atoms with van der Waals surface area (Å²) in [6.45, 7) is 5.59. The SMILES string of the molecule is CC1CCC(C)C2(CN=C(N)N2C)C1. The Balaban J connectivity index is 2.22. The molecule has 0 bridgehead atoms. The summed E-state index contributed by atoms with van der Waals surface area (Å²) in [5, 5.41) is 0. The summed E-state index contributed by atoms with van der Waals surface area (Å²) in [4.78, 5) is 6.61. The standard InChI is InChI=1S/C11H21N3/c1-8-4-5-9(2)11(6-8)7-13-10(12)14(11)3/h8-9H,4-7H2,1-3H3,(H2,12,13). The molecule has 2 aliphatic rings. The van der Waals surface area contributed by atoms with Gasteiger partial charge in [-0.1, -0.05) is 20.3 Å². The van der Waals surface area contributed by atoms with Gasteiger partial charge in [0, 0.05) is 7.05 Å². The molecule has 3 atom stereocenters. The van der Waals surface area contributed by atoms with Crippen molar-refractivity contribution < 1.29 is 0 Å². The molecule has 2 N–H and O–H groups in total. The predicted octanol–water partition coefficient (Wildman–Crippen LogP) is 1.44. The normalized spacial score (nSPS) is 43.1. The Morgan fingerprint density at radius 1 is 1.43 bits per heavy atom. The van der Waals surface area contributed by atoms with Gasteiger partial charge in [-0.25, -0.2) is 0 Å². The maximum absolute atomic E-state index is 5.87. The monoisotopic (exact) mass is 195 g/mol. The molecule has 0 radical (unpaired) electrons. The van der Waals surface area contributed by atoms with Crippen molar-refractivity contribution in [3.8, 4) is 0 Å². The van der Waals surface area contributed by atoms with Crippen molar-refractivity contribution in [1.82, 2.24) is 4.90 Å². The summed E-state index contributed by atoms with van der Waals surface area (Å²) < 4.78 is 0. The summed E-state index contributed by atoms with van der Waals surface area (Å²) in [6.07, 6.45) is 3.92. The Morgan fingerprint density at radius 2 is 2.14 bits per heavy atom. The summed E-state index contributed by atoms with van der Waals surface area (Å²) in [5.41, 5.74) is 6.11. The van der Waals surface area contributed by atoms with Gasteiger partial charge >= 0.3 is 0 Å². The van der Waals surface area contributed by atoms with Gasteiger partial charge in [-0.3, -0.25) is 4.99 Å². The van der Waals surface area contributed by atoms with Crippen LogP contribution in [0, 0.1) is 11.8 Å². The van der Waals surface area contributed by atoms with Crippen LogP contribution in [0.5, 0.6) is 0 Å². The lowest BCUT2D eigenvalue weighted by Gasteiger charge is -2.47. The Labute approximate surface area is 86.4 Å². The first-order valence-corrected chi connectivity index (χ1v) is 5.60. The van der Waals surface area contributed by atoms with Gasteiger partial charge in [0.05, 0.1) is 12.1 Å². The molecule has 80 valence electrons. The molecule has 1 heterocycles. The zero-order valence-corrected chi connectivity index (χ0v) is 9.45. The van der Waals surface area contributed by atoms with Crippen LogP contribution in [0.15, 0.2) is 4.99 Å². The molecule has 1 saturated carbocycles. The molecule has 3 nitrogen and oxygen atoms in total. The molecule has 0 saturated heterocycles. The molecule has 1 fully saturated rings. The molecular weight excluding hydrogens is 174 g/mol. The first-order valence-electron chi connectivity index (χ1n) is 5.60. The molecule has 0 aromatic rings. The number of hydrogen-bond donors (Lipinski definition) is 1. The average Bonchev–Trinajstić information content (AvgIpc) is 2.42. The highest BCUT2D eigenvalue weighted by Gasteiger charge is 2.47. The van der Waals surface area contributed by atoms with E-state index in [9.17, 15) is 0 Å². The smallest absolute Gasteiger partial charge is 0.191 e. The van der Waals surface area contributed by atoms with Crippen LogP contribution in [0.1, 0.15) is 33.1 Å². The van der Waals surface area contributed by atoms with E-state index in [-0.39, 0.29) is 5.54 Å². The van der Waals surface area contributed by atoms with Crippen LogP contribution < -0.4 is 5.73 Å². The van der Waals surface area contributed by atoms with Crippen molar-refractivity contribution in [2.75, 3.05) is 13.6 Å². The van der Waals surface area contributed by atoms with Crippen LogP contribution in [0.2, 0.25) is 0 Å². The highest BCUT2D eigenvalue weighted by atomic mass is 15.3. The van der Waals surface area contributed by atoms with Gasteiger partial charge in [0.15, 0.2) is 5.96 Å². The van der Waals surface area contributed by atoms with Gasteiger partial charge < -0.3 is 10.6 Å². The molecule has 1 spiro atoms. The van der Waals surface area contributed by atoms with Crippen molar-refractivity contribution in [1.29, 1.82) is 0 Å². The van der Waals surface area contributed by atoms with Gasteiger partial charge in [-0.15, -0.1) is 0 Å². The number of aliphatic imine (C=N–C) groups is 1. The Kier molecular flexibility index (Phi) is 2.20. The van der Waals surface area contributed by atoms with E-state index in [1.165, 1.54) is 19.3 Å². The molecule has 14 heavy (non-hydrogen) atoms. The Hall–Kier alpha value is -0.730. The number of nitrogens with zero attached hydrogens (tertiary/aromatic N) is 2. The van der Waals surface area contributed by atoms with Crippen LogP contribution in [-0.2, 0) is 0 Å². The fourth-order valence-electron chi connectivity index (χ4n) is 3.06. The highest BCUT2D eigenvalue weighted by Crippen LogP contribution is 2.42. The lowest BCUT2D eigenvalue weighted by molar-refractivity contribution is 0.0741. The third-order valence-corrected chi connectivity index (χ3v) is 4.24. The third kappa shape index (κ3) is 1.22. The van der Waals surface area contributed by atoms with E-state index in [0.29, 0.717) is 5.92 Å². The van der Waals surface area contributed by atoms with Crippen LogP contribution in [0.3, 0.4) is 0 Å². The summed E-state index contributed by atoms with van der Waals surface area (Å²) in [7, 11) is 2.10. The van der Waals surface area contributed by atoms with Crippen molar-refractivity contribution in [2.45, 2.75) is 38.6 Å². The second kappa shape index (κ2) is 3.14. The number of nitrogens with two attached hydrogens (primary N) is 1. The quantitative estimate of drug-likeness (QED) is 0.635. The number of guanidine groups is 1. The fraction of sp³-hybridized carbons (Fsp3) is 0.909. The molecular formula is C11H21N3.